The molecule has 0 spiro atoms. The number of nitrogens with one attached hydrogen (secondary N) is 1. The molecule has 1 amide bonds. The molecule has 0 bridgehead atoms. The highest BCUT2D eigenvalue weighted by molar-refractivity contribution is 9.10. The average Bonchev–Trinajstić information content (AvgIpc) is 2.49. The molecule has 1 atom stereocenters. The van der Waals surface area contributed by atoms with E-state index < -0.39 is 0 Å². The highest BCUT2D eigenvalue weighted by Crippen LogP contribution is 2.28. The molecule has 1 aromatic rings. The molecule has 22 heavy (non-hydrogen) atoms. The minimum atomic E-state index is -0.271. The summed E-state index contributed by atoms with van der Waals surface area (Å²) in [4.78, 5) is 23.7. The van der Waals surface area contributed by atoms with Crippen LogP contribution in [0.2, 0.25) is 0 Å². The van der Waals surface area contributed by atoms with Crippen molar-refractivity contribution in [2.24, 2.45) is 0 Å². The molecule has 0 aliphatic carbocycles. The fourth-order valence-electron chi connectivity index (χ4n) is 1.94. The van der Waals surface area contributed by atoms with Crippen LogP contribution in [0, 0.1) is 0 Å². The van der Waals surface area contributed by atoms with Crippen molar-refractivity contribution in [3.63, 3.8) is 0 Å². The Hall–Kier alpha value is -1.40. The van der Waals surface area contributed by atoms with Gasteiger partial charge in [-0.3, -0.25) is 9.59 Å². The van der Waals surface area contributed by atoms with E-state index in [1.165, 1.54) is 7.11 Å². The van der Waals surface area contributed by atoms with E-state index in [1.807, 2.05) is 13.8 Å². The predicted molar refractivity (Wildman–Crippen MR) is 90.1 cm³/mol. The van der Waals surface area contributed by atoms with Crippen molar-refractivity contribution in [2.75, 3.05) is 25.6 Å². The zero-order valence-electron chi connectivity index (χ0n) is 13.1. The van der Waals surface area contributed by atoms with Gasteiger partial charge >= 0.3 is 0 Å². The lowest BCUT2D eigenvalue weighted by Crippen LogP contribution is -2.18. The first kappa shape index (κ1) is 18.6. The number of halogens is 1. The second kappa shape index (κ2) is 9.58. The van der Waals surface area contributed by atoms with E-state index in [-0.39, 0.29) is 23.1 Å². The van der Waals surface area contributed by atoms with Gasteiger partial charge in [0.25, 0.3) is 0 Å². The molecular weight excluding hydrogens is 350 g/mol. The number of amides is 1. The van der Waals surface area contributed by atoms with E-state index in [0.717, 1.165) is 12.8 Å². The van der Waals surface area contributed by atoms with Gasteiger partial charge in [0.05, 0.1) is 17.1 Å². The summed E-state index contributed by atoms with van der Waals surface area (Å²) in [5, 5.41) is 2.70. The molecule has 122 valence electrons. The molecule has 1 N–H and O–H groups in total. The maximum Gasteiger partial charge on any atom is 0.250 e. The molecular formula is C16H22BrNO4. The summed E-state index contributed by atoms with van der Waals surface area (Å²) in [5.74, 6) is 0.221. The summed E-state index contributed by atoms with van der Waals surface area (Å²) in [6, 6.07) is 5.03. The molecule has 0 fully saturated rings. The second-order valence-electron chi connectivity index (χ2n) is 4.75. The number of carbonyl (C=O) groups excluding carboxylic acids is 2. The maximum atomic E-state index is 12.3. The Kier molecular flexibility index (Phi) is 8.12. The van der Waals surface area contributed by atoms with Crippen LogP contribution in [0.1, 0.15) is 37.0 Å². The van der Waals surface area contributed by atoms with Crippen LogP contribution in [-0.2, 0) is 9.53 Å². The van der Waals surface area contributed by atoms with Gasteiger partial charge in [-0.25, -0.2) is 0 Å². The Bertz CT molecular complexity index is 519. The number of carbonyl (C=O) groups is 2. The zero-order valence-corrected chi connectivity index (χ0v) is 14.7. The first-order chi connectivity index (χ1) is 10.5. The van der Waals surface area contributed by atoms with Gasteiger partial charge in [0.2, 0.25) is 5.91 Å². The van der Waals surface area contributed by atoms with E-state index >= 15 is 0 Å². The minimum absolute atomic E-state index is 0.0116. The summed E-state index contributed by atoms with van der Waals surface area (Å²) in [7, 11) is 1.45. The van der Waals surface area contributed by atoms with Crippen molar-refractivity contribution in [1.82, 2.24) is 0 Å². The van der Waals surface area contributed by atoms with E-state index in [9.17, 15) is 9.59 Å². The lowest BCUT2D eigenvalue weighted by molar-refractivity contribution is -0.119. The largest absolute Gasteiger partial charge is 0.492 e. The number of ether oxygens (including phenoxy) is 2. The van der Waals surface area contributed by atoms with Crippen LogP contribution in [0.3, 0.4) is 0 Å². The number of alkyl halides is 1. The fourth-order valence-corrected chi connectivity index (χ4v) is 2.66. The number of rotatable bonds is 9. The average molecular weight is 372 g/mol. The number of benzene rings is 1. The second-order valence-corrected chi connectivity index (χ2v) is 5.85. The molecule has 0 saturated carbocycles. The number of Topliss-reactive ketones (excluding diaryl/α,β-unsaturated/α-hetero) is 1. The molecule has 1 unspecified atom stereocenters. The summed E-state index contributed by atoms with van der Waals surface area (Å²) in [5.41, 5.74) is 1.09. The Labute approximate surface area is 139 Å². The third-order valence-electron chi connectivity index (χ3n) is 2.94. The van der Waals surface area contributed by atoms with Crippen LogP contribution in [0.4, 0.5) is 5.69 Å². The molecule has 5 nitrogen and oxygen atoms in total. The summed E-state index contributed by atoms with van der Waals surface area (Å²) in [6.45, 7) is 4.28. The number of hydrogen-bond donors (Lipinski definition) is 1. The molecule has 0 heterocycles. The van der Waals surface area contributed by atoms with Gasteiger partial charge in [0.1, 0.15) is 12.4 Å². The summed E-state index contributed by atoms with van der Waals surface area (Å²) in [6.07, 6.45) is 1.69. The number of ketones is 1. The lowest BCUT2D eigenvalue weighted by Gasteiger charge is -2.14. The first-order valence-corrected chi connectivity index (χ1v) is 8.18. The monoisotopic (exact) mass is 371 g/mol. The van der Waals surface area contributed by atoms with Crippen LogP contribution in [0.5, 0.6) is 5.75 Å². The standard InChI is InChI=1S/C16H22BrNO4/c1-4-6-12(17)16(20)11-7-8-13(14(9-11)22-5-2)18-15(19)10-21-3/h7-9,12H,4-6,10H2,1-3H3,(H,18,19). The summed E-state index contributed by atoms with van der Waals surface area (Å²) >= 11 is 3.41. The predicted octanol–water partition coefficient (Wildman–Crippen LogP) is 3.42. The van der Waals surface area contributed by atoms with Crippen molar-refractivity contribution in [2.45, 2.75) is 31.5 Å². The third-order valence-corrected chi connectivity index (χ3v) is 3.82. The molecule has 0 radical (unpaired) electrons. The number of hydrogen-bond acceptors (Lipinski definition) is 4. The molecule has 1 rings (SSSR count). The Morgan fingerprint density at radius 1 is 1.32 bits per heavy atom. The van der Waals surface area contributed by atoms with Gasteiger partial charge in [-0.15, -0.1) is 0 Å². The van der Waals surface area contributed by atoms with Crippen LogP contribution in [0.15, 0.2) is 18.2 Å². The van der Waals surface area contributed by atoms with Crippen molar-refractivity contribution >= 4 is 33.3 Å². The van der Waals surface area contributed by atoms with Crippen LogP contribution in [0.25, 0.3) is 0 Å². The molecule has 1 aromatic carbocycles. The van der Waals surface area contributed by atoms with Crippen molar-refractivity contribution < 1.29 is 19.1 Å². The highest BCUT2D eigenvalue weighted by atomic mass is 79.9. The van der Waals surface area contributed by atoms with Gasteiger partial charge in [-0.1, -0.05) is 29.3 Å². The van der Waals surface area contributed by atoms with E-state index in [4.69, 9.17) is 9.47 Å². The van der Waals surface area contributed by atoms with Gasteiger partial charge < -0.3 is 14.8 Å². The Morgan fingerprint density at radius 2 is 2.05 bits per heavy atom. The first-order valence-electron chi connectivity index (χ1n) is 7.27. The van der Waals surface area contributed by atoms with Gasteiger partial charge in [-0.2, -0.15) is 0 Å². The van der Waals surface area contributed by atoms with Crippen LogP contribution >= 0.6 is 15.9 Å². The number of anilines is 1. The SMILES string of the molecule is CCCC(Br)C(=O)c1ccc(NC(=O)COC)c(OCC)c1. The van der Waals surface area contributed by atoms with Gasteiger partial charge in [0.15, 0.2) is 5.78 Å². The lowest BCUT2D eigenvalue weighted by atomic mass is 10.0. The minimum Gasteiger partial charge on any atom is -0.492 e. The topological polar surface area (TPSA) is 64.6 Å². The zero-order chi connectivity index (χ0) is 16.5. The molecule has 0 aliphatic heterocycles. The van der Waals surface area contributed by atoms with Crippen LogP contribution < -0.4 is 10.1 Å². The fraction of sp³-hybridized carbons (Fsp3) is 0.500. The van der Waals surface area contributed by atoms with E-state index in [2.05, 4.69) is 21.2 Å². The van der Waals surface area contributed by atoms with Crippen molar-refractivity contribution in [3.8, 4) is 5.75 Å². The molecule has 0 aliphatic rings. The quantitative estimate of drug-likeness (QED) is 0.533. The van der Waals surface area contributed by atoms with E-state index in [0.29, 0.717) is 23.6 Å². The molecule has 0 saturated heterocycles. The maximum absolute atomic E-state index is 12.3. The van der Waals surface area contributed by atoms with Crippen molar-refractivity contribution in [3.05, 3.63) is 23.8 Å². The van der Waals surface area contributed by atoms with Gasteiger partial charge in [0, 0.05) is 12.7 Å². The van der Waals surface area contributed by atoms with Gasteiger partial charge in [-0.05, 0) is 31.5 Å². The molecule has 0 aromatic heterocycles. The highest BCUT2D eigenvalue weighted by Gasteiger charge is 2.18. The molecule has 6 heteroatoms. The van der Waals surface area contributed by atoms with Crippen LogP contribution in [-0.4, -0.2) is 36.8 Å². The normalized spacial score (nSPS) is 11.8. The Morgan fingerprint density at radius 3 is 2.64 bits per heavy atom. The smallest absolute Gasteiger partial charge is 0.250 e. The summed E-state index contributed by atoms with van der Waals surface area (Å²) < 4.78 is 10.3. The van der Waals surface area contributed by atoms with E-state index in [1.54, 1.807) is 18.2 Å². The third kappa shape index (κ3) is 5.42. The Balaban J connectivity index is 2.98. The van der Waals surface area contributed by atoms with Crippen molar-refractivity contribution in [1.29, 1.82) is 0 Å². The number of methoxy groups -OCH3 is 1.